The van der Waals surface area contributed by atoms with E-state index in [4.69, 9.17) is 5.73 Å². The van der Waals surface area contributed by atoms with Crippen LogP contribution in [0.3, 0.4) is 0 Å². The SMILES string of the molecule is CCN(CC)C(=O)Cc1ccccc1N. The Morgan fingerprint density at radius 2 is 1.87 bits per heavy atom. The lowest BCUT2D eigenvalue weighted by atomic mass is 10.1. The maximum atomic E-state index is 11.8. The quantitative estimate of drug-likeness (QED) is 0.762. The summed E-state index contributed by atoms with van der Waals surface area (Å²) in [7, 11) is 0. The van der Waals surface area contributed by atoms with Gasteiger partial charge in [-0.15, -0.1) is 0 Å². The number of rotatable bonds is 4. The minimum Gasteiger partial charge on any atom is -0.398 e. The molecule has 3 nitrogen and oxygen atoms in total. The van der Waals surface area contributed by atoms with E-state index in [1.807, 2.05) is 43.0 Å². The van der Waals surface area contributed by atoms with Crippen LogP contribution in [0.15, 0.2) is 24.3 Å². The van der Waals surface area contributed by atoms with Crippen LogP contribution in [0.5, 0.6) is 0 Å². The highest BCUT2D eigenvalue weighted by molar-refractivity contribution is 5.80. The molecule has 0 aliphatic heterocycles. The van der Waals surface area contributed by atoms with Gasteiger partial charge in [-0.05, 0) is 25.5 Å². The summed E-state index contributed by atoms with van der Waals surface area (Å²) >= 11 is 0. The van der Waals surface area contributed by atoms with Crippen LogP contribution in [0.4, 0.5) is 5.69 Å². The van der Waals surface area contributed by atoms with Crippen LogP contribution in [-0.2, 0) is 11.2 Å². The topological polar surface area (TPSA) is 46.3 Å². The second kappa shape index (κ2) is 5.39. The maximum Gasteiger partial charge on any atom is 0.227 e. The molecule has 1 aromatic rings. The average Bonchev–Trinajstić information content (AvgIpc) is 2.23. The number of benzene rings is 1. The van der Waals surface area contributed by atoms with E-state index in [0.29, 0.717) is 12.1 Å². The van der Waals surface area contributed by atoms with E-state index in [1.54, 1.807) is 0 Å². The Bertz CT molecular complexity index is 332. The van der Waals surface area contributed by atoms with E-state index >= 15 is 0 Å². The van der Waals surface area contributed by atoms with E-state index in [1.165, 1.54) is 0 Å². The second-order valence-corrected chi connectivity index (χ2v) is 3.44. The molecule has 0 spiro atoms. The first-order valence-corrected chi connectivity index (χ1v) is 5.30. The van der Waals surface area contributed by atoms with Crippen molar-refractivity contribution in [2.24, 2.45) is 0 Å². The Kier molecular flexibility index (Phi) is 4.16. The van der Waals surface area contributed by atoms with Gasteiger partial charge in [0.25, 0.3) is 0 Å². The third-order valence-corrected chi connectivity index (χ3v) is 2.51. The van der Waals surface area contributed by atoms with E-state index in [2.05, 4.69) is 0 Å². The van der Waals surface area contributed by atoms with Crippen LogP contribution >= 0.6 is 0 Å². The molecule has 0 unspecified atom stereocenters. The molecule has 0 aliphatic rings. The standard InChI is InChI=1S/C12H18N2O/c1-3-14(4-2)12(15)9-10-7-5-6-8-11(10)13/h5-8H,3-4,9,13H2,1-2H3. The van der Waals surface area contributed by atoms with Gasteiger partial charge >= 0.3 is 0 Å². The van der Waals surface area contributed by atoms with Gasteiger partial charge in [0.15, 0.2) is 0 Å². The molecule has 0 aliphatic carbocycles. The molecular weight excluding hydrogens is 188 g/mol. The summed E-state index contributed by atoms with van der Waals surface area (Å²) < 4.78 is 0. The monoisotopic (exact) mass is 206 g/mol. The normalized spacial score (nSPS) is 10.0. The summed E-state index contributed by atoms with van der Waals surface area (Å²) in [6, 6.07) is 7.50. The van der Waals surface area contributed by atoms with Crippen molar-refractivity contribution in [2.45, 2.75) is 20.3 Å². The lowest BCUT2D eigenvalue weighted by molar-refractivity contribution is -0.130. The van der Waals surface area contributed by atoms with E-state index in [0.717, 1.165) is 18.7 Å². The minimum atomic E-state index is 0.137. The molecule has 0 saturated carbocycles. The molecule has 2 N–H and O–H groups in total. The zero-order chi connectivity index (χ0) is 11.3. The number of hydrogen-bond donors (Lipinski definition) is 1. The summed E-state index contributed by atoms with van der Waals surface area (Å²) in [6.07, 6.45) is 0.397. The predicted molar refractivity (Wildman–Crippen MR) is 62.5 cm³/mol. The molecule has 0 fully saturated rings. The van der Waals surface area contributed by atoms with Crippen LogP contribution < -0.4 is 5.73 Å². The molecule has 0 heterocycles. The lowest BCUT2D eigenvalue weighted by Crippen LogP contribution is -2.31. The van der Waals surface area contributed by atoms with Crippen molar-refractivity contribution in [2.75, 3.05) is 18.8 Å². The number of hydrogen-bond acceptors (Lipinski definition) is 2. The van der Waals surface area contributed by atoms with Crippen molar-refractivity contribution in [1.29, 1.82) is 0 Å². The summed E-state index contributed by atoms with van der Waals surface area (Å²) in [4.78, 5) is 13.6. The van der Waals surface area contributed by atoms with Crippen LogP contribution in [0.1, 0.15) is 19.4 Å². The van der Waals surface area contributed by atoms with Crippen LogP contribution in [0, 0.1) is 0 Å². The number of likely N-dealkylation sites (N-methyl/N-ethyl adjacent to an activating group) is 1. The summed E-state index contributed by atoms with van der Waals surface area (Å²) in [5.74, 6) is 0.137. The first-order chi connectivity index (χ1) is 7.19. The van der Waals surface area contributed by atoms with Gasteiger partial charge in [0, 0.05) is 18.8 Å². The molecule has 1 rings (SSSR count). The van der Waals surface area contributed by atoms with Gasteiger partial charge in [-0.2, -0.15) is 0 Å². The average molecular weight is 206 g/mol. The highest BCUT2D eigenvalue weighted by Gasteiger charge is 2.11. The lowest BCUT2D eigenvalue weighted by Gasteiger charge is -2.18. The zero-order valence-corrected chi connectivity index (χ0v) is 9.36. The molecule has 82 valence electrons. The van der Waals surface area contributed by atoms with Crippen molar-refractivity contribution < 1.29 is 4.79 Å². The Morgan fingerprint density at radius 3 is 2.40 bits per heavy atom. The molecule has 1 aromatic carbocycles. The van der Waals surface area contributed by atoms with E-state index in [-0.39, 0.29) is 5.91 Å². The van der Waals surface area contributed by atoms with Crippen LogP contribution in [0.25, 0.3) is 0 Å². The van der Waals surface area contributed by atoms with Crippen molar-refractivity contribution in [1.82, 2.24) is 4.90 Å². The van der Waals surface area contributed by atoms with Gasteiger partial charge in [-0.1, -0.05) is 18.2 Å². The number of carbonyl (C=O) groups excluding carboxylic acids is 1. The molecule has 0 saturated heterocycles. The largest absolute Gasteiger partial charge is 0.398 e. The molecular formula is C12H18N2O. The van der Waals surface area contributed by atoms with Gasteiger partial charge in [0.05, 0.1) is 6.42 Å². The fourth-order valence-electron chi connectivity index (χ4n) is 1.55. The predicted octanol–water partition coefficient (Wildman–Crippen LogP) is 1.68. The second-order valence-electron chi connectivity index (χ2n) is 3.44. The Hall–Kier alpha value is -1.51. The van der Waals surface area contributed by atoms with Gasteiger partial charge in [0.1, 0.15) is 0 Å². The first kappa shape index (κ1) is 11.6. The number of nitrogens with two attached hydrogens (primary N) is 1. The van der Waals surface area contributed by atoms with Crippen molar-refractivity contribution in [3.63, 3.8) is 0 Å². The van der Waals surface area contributed by atoms with Crippen LogP contribution in [0.2, 0.25) is 0 Å². The number of nitrogen functional groups attached to an aromatic ring is 1. The maximum absolute atomic E-state index is 11.8. The number of amides is 1. The van der Waals surface area contributed by atoms with Crippen molar-refractivity contribution in [3.05, 3.63) is 29.8 Å². The minimum absolute atomic E-state index is 0.137. The molecule has 3 heteroatoms. The number of carbonyl (C=O) groups is 1. The summed E-state index contributed by atoms with van der Waals surface area (Å²) in [5.41, 5.74) is 7.39. The molecule has 0 aromatic heterocycles. The Balaban J connectivity index is 2.70. The van der Waals surface area contributed by atoms with Crippen molar-refractivity contribution in [3.8, 4) is 0 Å². The van der Waals surface area contributed by atoms with Gasteiger partial charge in [-0.25, -0.2) is 0 Å². The summed E-state index contributed by atoms with van der Waals surface area (Å²) in [6.45, 7) is 5.47. The van der Waals surface area contributed by atoms with Crippen molar-refractivity contribution >= 4 is 11.6 Å². The highest BCUT2D eigenvalue weighted by Crippen LogP contribution is 2.12. The Morgan fingerprint density at radius 1 is 1.27 bits per heavy atom. The third-order valence-electron chi connectivity index (χ3n) is 2.51. The third kappa shape index (κ3) is 2.98. The smallest absolute Gasteiger partial charge is 0.227 e. The molecule has 15 heavy (non-hydrogen) atoms. The van der Waals surface area contributed by atoms with E-state index < -0.39 is 0 Å². The Labute approximate surface area is 90.9 Å². The number of para-hydroxylation sites is 1. The number of anilines is 1. The molecule has 1 amide bonds. The van der Waals surface area contributed by atoms with Gasteiger partial charge < -0.3 is 10.6 Å². The fourth-order valence-corrected chi connectivity index (χ4v) is 1.55. The van der Waals surface area contributed by atoms with E-state index in [9.17, 15) is 4.79 Å². The molecule has 0 radical (unpaired) electrons. The highest BCUT2D eigenvalue weighted by atomic mass is 16.2. The zero-order valence-electron chi connectivity index (χ0n) is 9.36. The molecule has 0 atom stereocenters. The summed E-state index contributed by atoms with van der Waals surface area (Å²) in [5, 5.41) is 0. The fraction of sp³-hybridized carbons (Fsp3) is 0.417. The van der Waals surface area contributed by atoms with Gasteiger partial charge in [-0.3, -0.25) is 4.79 Å². The molecule has 0 bridgehead atoms. The number of nitrogens with zero attached hydrogens (tertiary/aromatic N) is 1. The first-order valence-electron chi connectivity index (χ1n) is 5.30. The van der Waals surface area contributed by atoms with Crippen LogP contribution in [-0.4, -0.2) is 23.9 Å². The van der Waals surface area contributed by atoms with Gasteiger partial charge in [0.2, 0.25) is 5.91 Å².